The molecule has 0 aliphatic rings. The minimum absolute atomic E-state index is 0.150. The second kappa shape index (κ2) is 6.15. The molecule has 0 spiro atoms. The SMILES string of the molecule is CCCC(CC)NS(=O)(=O)c1cccc(F)c1N. The lowest BCUT2D eigenvalue weighted by molar-refractivity contribution is 0.512. The quantitative estimate of drug-likeness (QED) is 0.782. The monoisotopic (exact) mass is 274 g/mol. The van der Waals surface area contributed by atoms with Crippen LogP contribution in [0.5, 0.6) is 0 Å². The zero-order valence-corrected chi connectivity index (χ0v) is 11.4. The number of nitrogen functional groups attached to an aromatic ring is 1. The molecule has 0 bridgehead atoms. The molecular weight excluding hydrogens is 255 g/mol. The number of benzene rings is 1. The predicted molar refractivity (Wildman–Crippen MR) is 70.1 cm³/mol. The molecule has 18 heavy (non-hydrogen) atoms. The average molecular weight is 274 g/mol. The normalized spacial score (nSPS) is 13.5. The Bertz CT molecular complexity index is 503. The summed E-state index contributed by atoms with van der Waals surface area (Å²) in [4.78, 5) is -0.197. The number of anilines is 1. The van der Waals surface area contributed by atoms with Crippen LogP contribution in [0.2, 0.25) is 0 Å². The Morgan fingerprint density at radius 3 is 2.61 bits per heavy atom. The van der Waals surface area contributed by atoms with E-state index in [9.17, 15) is 12.8 Å². The zero-order valence-electron chi connectivity index (χ0n) is 10.6. The van der Waals surface area contributed by atoms with Crippen LogP contribution in [0.4, 0.5) is 10.1 Å². The Morgan fingerprint density at radius 1 is 1.39 bits per heavy atom. The third-order valence-electron chi connectivity index (χ3n) is 2.75. The third-order valence-corrected chi connectivity index (χ3v) is 4.33. The van der Waals surface area contributed by atoms with Crippen molar-refractivity contribution in [2.75, 3.05) is 5.73 Å². The highest BCUT2D eigenvalue weighted by atomic mass is 32.2. The van der Waals surface area contributed by atoms with Gasteiger partial charge in [-0.15, -0.1) is 0 Å². The smallest absolute Gasteiger partial charge is 0.242 e. The van der Waals surface area contributed by atoms with E-state index in [1.54, 1.807) is 0 Å². The largest absolute Gasteiger partial charge is 0.395 e. The van der Waals surface area contributed by atoms with E-state index < -0.39 is 15.8 Å². The Kier molecular flexibility index (Phi) is 5.10. The van der Waals surface area contributed by atoms with E-state index in [1.165, 1.54) is 12.1 Å². The summed E-state index contributed by atoms with van der Waals surface area (Å²) in [6.07, 6.45) is 2.30. The van der Waals surface area contributed by atoms with Crippen molar-refractivity contribution in [3.63, 3.8) is 0 Å². The lowest BCUT2D eigenvalue weighted by Gasteiger charge is -2.17. The second-order valence-corrected chi connectivity index (χ2v) is 5.85. The van der Waals surface area contributed by atoms with Crippen molar-refractivity contribution in [3.8, 4) is 0 Å². The summed E-state index contributed by atoms with van der Waals surface area (Å²) in [7, 11) is -3.76. The zero-order chi connectivity index (χ0) is 13.8. The van der Waals surface area contributed by atoms with Crippen molar-refractivity contribution >= 4 is 15.7 Å². The Morgan fingerprint density at radius 2 is 2.06 bits per heavy atom. The van der Waals surface area contributed by atoms with E-state index in [2.05, 4.69) is 4.72 Å². The number of para-hydroxylation sites is 1. The highest BCUT2D eigenvalue weighted by Crippen LogP contribution is 2.21. The Hall–Kier alpha value is -1.14. The number of hydrogen-bond donors (Lipinski definition) is 2. The molecule has 0 saturated carbocycles. The Labute approximate surface area is 107 Å². The molecular formula is C12H19FN2O2S. The maximum Gasteiger partial charge on any atom is 0.242 e. The molecule has 6 heteroatoms. The van der Waals surface area contributed by atoms with Crippen LogP contribution < -0.4 is 10.5 Å². The van der Waals surface area contributed by atoms with E-state index in [1.807, 2.05) is 13.8 Å². The number of nitrogens with two attached hydrogens (primary N) is 1. The summed E-state index contributed by atoms with van der Waals surface area (Å²) in [6, 6.07) is 3.63. The molecule has 1 aromatic carbocycles. The van der Waals surface area contributed by atoms with Crippen LogP contribution in [-0.4, -0.2) is 14.5 Å². The minimum atomic E-state index is -3.76. The predicted octanol–water partition coefficient (Wildman–Crippen LogP) is 2.26. The van der Waals surface area contributed by atoms with E-state index in [0.717, 1.165) is 18.9 Å². The van der Waals surface area contributed by atoms with Crippen LogP contribution >= 0.6 is 0 Å². The van der Waals surface area contributed by atoms with Crippen LogP contribution in [0.1, 0.15) is 33.1 Å². The fourth-order valence-electron chi connectivity index (χ4n) is 1.73. The third kappa shape index (κ3) is 3.43. The molecule has 0 fully saturated rings. The van der Waals surface area contributed by atoms with Gasteiger partial charge in [-0.2, -0.15) is 0 Å². The molecule has 0 heterocycles. The molecule has 0 aliphatic heterocycles. The van der Waals surface area contributed by atoms with Crippen molar-refractivity contribution in [1.29, 1.82) is 0 Å². The molecule has 1 unspecified atom stereocenters. The van der Waals surface area contributed by atoms with Gasteiger partial charge in [0.05, 0.1) is 5.69 Å². The van der Waals surface area contributed by atoms with Crippen molar-refractivity contribution in [3.05, 3.63) is 24.0 Å². The summed E-state index contributed by atoms with van der Waals surface area (Å²) in [6.45, 7) is 3.88. The lowest BCUT2D eigenvalue weighted by atomic mass is 10.1. The van der Waals surface area contributed by atoms with Crippen molar-refractivity contribution in [2.45, 2.75) is 44.0 Å². The van der Waals surface area contributed by atoms with Crippen LogP contribution in [-0.2, 0) is 10.0 Å². The first kappa shape index (κ1) is 14.9. The summed E-state index contributed by atoms with van der Waals surface area (Å²) >= 11 is 0. The standard InChI is InChI=1S/C12H19FN2O2S/c1-3-6-9(4-2)15-18(16,17)11-8-5-7-10(13)12(11)14/h5,7-9,15H,3-4,6,14H2,1-2H3. The van der Waals surface area contributed by atoms with Gasteiger partial charge in [0, 0.05) is 6.04 Å². The minimum Gasteiger partial charge on any atom is -0.395 e. The molecule has 1 rings (SSSR count). The van der Waals surface area contributed by atoms with Gasteiger partial charge in [0.2, 0.25) is 10.0 Å². The van der Waals surface area contributed by atoms with Crippen LogP contribution in [0.3, 0.4) is 0 Å². The van der Waals surface area contributed by atoms with Crippen LogP contribution in [0, 0.1) is 5.82 Å². The number of halogens is 1. The molecule has 0 saturated heterocycles. The number of nitrogens with one attached hydrogen (secondary N) is 1. The van der Waals surface area contributed by atoms with Gasteiger partial charge in [-0.05, 0) is 25.0 Å². The molecule has 102 valence electrons. The maximum absolute atomic E-state index is 13.3. The molecule has 0 aliphatic carbocycles. The first-order chi connectivity index (χ1) is 8.42. The van der Waals surface area contributed by atoms with Crippen molar-refractivity contribution in [2.24, 2.45) is 0 Å². The van der Waals surface area contributed by atoms with E-state index in [4.69, 9.17) is 5.73 Å². The molecule has 3 N–H and O–H groups in total. The number of rotatable bonds is 6. The summed E-state index contributed by atoms with van der Waals surface area (Å²) in [5.74, 6) is -0.721. The van der Waals surface area contributed by atoms with E-state index in [-0.39, 0.29) is 16.6 Å². The number of sulfonamides is 1. The molecule has 0 amide bonds. The molecule has 1 atom stereocenters. The van der Waals surface area contributed by atoms with Crippen molar-refractivity contribution in [1.82, 2.24) is 4.72 Å². The van der Waals surface area contributed by atoms with Crippen LogP contribution in [0.25, 0.3) is 0 Å². The van der Waals surface area contributed by atoms with Gasteiger partial charge < -0.3 is 5.73 Å². The first-order valence-corrected chi connectivity index (χ1v) is 7.47. The molecule has 0 radical (unpaired) electrons. The fourth-order valence-corrected chi connectivity index (χ4v) is 3.22. The van der Waals surface area contributed by atoms with Gasteiger partial charge in [-0.25, -0.2) is 17.5 Å². The van der Waals surface area contributed by atoms with Gasteiger partial charge in [-0.3, -0.25) is 0 Å². The first-order valence-electron chi connectivity index (χ1n) is 5.98. The van der Waals surface area contributed by atoms with Gasteiger partial charge in [-0.1, -0.05) is 26.3 Å². The molecule has 4 nitrogen and oxygen atoms in total. The van der Waals surface area contributed by atoms with Gasteiger partial charge in [0.15, 0.2) is 0 Å². The van der Waals surface area contributed by atoms with Crippen LogP contribution in [0.15, 0.2) is 23.1 Å². The van der Waals surface area contributed by atoms with E-state index >= 15 is 0 Å². The average Bonchev–Trinajstić information content (AvgIpc) is 2.31. The molecule has 0 aromatic heterocycles. The highest BCUT2D eigenvalue weighted by molar-refractivity contribution is 7.89. The summed E-state index contributed by atoms with van der Waals surface area (Å²) < 4.78 is 40.0. The van der Waals surface area contributed by atoms with Crippen molar-refractivity contribution < 1.29 is 12.8 Å². The van der Waals surface area contributed by atoms with Gasteiger partial charge in [0.1, 0.15) is 10.7 Å². The van der Waals surface area contributed by atoms with Gasteiger partial charge in [0.25, 0.3) is 0 Å². The molecule has 1 aromatic rings. The summed E-state index contributed by atoms with van der Waals surface area (Å²) in [5.41, 5.74) is 5.13. The van der Waals surface area contributed by atoms with Gasteiger partial charge >= 0.3 is 0 Å². The lowest BCUT2D eigenvalue weighted by Crippen LogP contribution is -2.34. The highest BCUT2D eigenvalue weighted by Gasteiger charge is 2.22. The second-order valence-electron chi connectivity index (χ2n) is 4.17. The number of hydrogen-bond acceptors (Lipinski definition) is 3. The fraction of sp³-hybridized carbons (Fsp3) is 0.500. The summed E-state index contributed by atoms with van der Waals surface area (Å²) in [5, 5.41) is 0. The topological polar surface area (TPSA) is 72.2 Å². The Balaban J connectivity index is 3.03. The van der Waals surface area contributed by atoms with E-state index in [0.29, 0.717) is 6.42 Å². The maximum atomic E-state index is 13.3.